The summed E-state index contributed by atoms with van der Waals surface area (Å²) in [4.78, 5) is 19.2. The van der Waals surface area contributed by atoms with Crippen molar-refractivity contribution in [1.82, 2.24) is 4.98 Å². The van der Waals surface area contributed by atoms with E-state index in [1.54, 1.807) is 44.7 Å². The average Bonchev–Trinajstić information content (AvgIpc) is 3.18. The number of ether oxygens (including phenoxy) is 2. The monoisotopic (exact) mass is 375 g/mol. The maximum atomic E-state index is 12.6. The molecule has 6 nitrogen and oxygen atoms in total. The molecule has 1 aromatic heterocycles. The summed E-state index contributed by atoms with van der Waals surface area (Å²) in [6, 6.07) is 17.2. The Bertz CT molecular complexity index is 1000. The predicted octanol–water partition coefficient (Wildman–Crippen LogP) is 4.05. The van der Waals surface area contributed by atoms with E-state index < -0.39 is 0 Å². The van der Waals surface area contributed by atoms with Crippen LogP contribution >= 0.6 is 0 Å². The van der Waals surface area contributed by atoms with Crippen molar-refractivity contribution < 1.29 is 14.3 Å². The largest absolute Gasteiger partial charge is 0.493 e. The summed E-state index contributed by atoms with van der Waals surface area (Å²) in [7, 11) is 3.13. The average molecular weight is 375 g/mol. The number of fused-ring (bicyclic) bond motifs is 1. The number of nitrogens with zero attached hydrogens (tertiary/aromatic N) is 2. The van der Waals surface area contributed by atoms with Gasteiger partial charge in [0.2, 0.25) is 0 Å². The van der Waals surface area contributed by atoms with Crippen LogP contribution in [0.5, 0.6) is 11.5 Å². The number of hydrogen-bond donors (Lipinski definition) is 1. The molecule has 1 aliphatic rings. The molecule has 0 saturated heterocycles. The lowest BCUT2D eigenvalue weighted by Crippen LogP contribution is -2.16. The van der Waals surface area contributed by atoms with E-state index in [-0.39, 0.29) is 5.91 Å². The van der Waals surface area contributed by atoms with Gasteiger partial charge in [-0.05, 0) is 42.3 Å². The van der Waals surface area contributed by atoms with Crippen molar-refractivity contribution in [3.63, 3.8) is 0 Å². The third-order valence-electron chi connectivity index (χ3n) is 4.82. The van der Waals surface area contributed by atoms with Crippen LogP contribution in [0.2, 0.25) is 0 Å². The van der Waals surface area contributed by atoms with Gasteiger partial charge in [-0.2, -0.15) is 0 Å². The summed E-state index contributed by atoms with van der Waals surface area (Å²) in [6.07, 6.45) is 2.60. The standard InChI is InChI=1S/C22H21N3O3/c1-27-19-9-8-17(13-20(19)28-2)24-22(26)16-7-10-21(23-14-16)25-12-11-15-5-3-4-6-18(15)25/h3-10,13-14H,11-12H2,1-2H3,(H,24,26). The van der Waals surface area contributed by atoms with Gasteiger partial charge in [-0.1, -0.05) is 18.2 Å². The highest BCUT2D eigenvalue weighted by atomic mass is 16.5. The summed E-state index contributed by atoms with van der Waals surface area (Å²) >= 11 is 0. The van der Waals surface area contributed by atoms with Crippen LogP contribution in [0.3, 0.4) is 0 Å². The number of pyridine rings is 1. The lowest BCUT2D eigenvalue weighted by molar-refractivity contribution is 0.102. The smallest absolute Gasteiger partial charge is 0.257 e. The van der Waals surface area contributed by atoms with Gasteiger partial charge in [0.15, 0.2) is 11.5 Å². The Morgan fingerprint density at radius 2 is 1.86 bits per heavy atom. The molecule has 0 saturated carbocycles. The van der Waals surface area contributed by atoms with Crippen LogP contribution < -0.4 is 19.7 Å². The normalized spacial score (nSPS) is 12.4. The second-order valence-corrected chi connectivity index (χ2v) is 6.46. The minimum absolute atomic E-state index is 0.229. The number of carbonyl (C=O) groups excluding carboxylic acids is 1. The second-order valence-electron chi connectivity index (χ2n) is 6.46. The Hall–Kier alpha value is -3.54. The molecule has 3 aromatic rings. The fourth-order valence-corrected chi connectivity index (χ4v) is 3.37. The summed E-state index contributed by atoms with van der Waals surface area (Å²) in [6.45, 7) is 0.892. The Balaban J connectivity index is 1.49. The van der Waals surface area contributed by atoms with Crippen LogP contribution in [0, 0.1) is 0 Å². The summed E-state index contributed by atoms with van der Waals surface area (Å²) in [5.41, 5.74) is 3.61. The predicted molar refractivity (Wildman–Crippen MR) is 109 cm³/mol. The van der Waals surface area contributed by atoms with E-state index in [2.05, 4.69) is 33.4 Å². The number of benzene rings is 2. The third kappa shape index (κ3) is 3.36. The Kier molecular flexibility index (Phi) is 4.85. The van der Waals surface area contributed by atoms with E-state index in [0.717, 1.165) is 18.8 Å². The first-order chi connectivity index (χ1) is 13.7. The van der Waals surface area contributed by atoms with Gasteiger partial charge in [0, 0.05) is 30.2 Å². The zero-order valence-electron chi connectivity index (χ0n) is 15.8. The molecule has 2 aromatic carbocycles. The highest BCUT2D eigenvalue weighted by Crippen LogP contribution is 2.33. The highest BCUT2D eigenvalue weighted by Gasteiger charge is 2.21. The van der Waals surface area contributed by atoms with Gasteiger partial charge in [0.25, 0.3) is 5.91 Å². The van der Waals surface area contributed by atoms with Crippen LogP contribution in [-0.4, -0.2) is 31.7 Å². The van der Waals surface area contributed by atoms with E-state index in [0.29, 0.717) is 22.7 Å². The van der Waals surface area contributed by atoms with Gasteiger partial charge in [0.1, 0.15) is 5.82 Å². The molecule has 0 unspecified atom stereocenters. The van der Waals surface area contributed by atoms with Gasteiger partial charge in [0.05, 0.1) is 19.8 Å². The van der Waals surface area contributed by atoms with Crippen molar-refractivity contribution in [3.8, 4) is 11.5 Å². The van der Waals surface area contributed by atoms with Gasteiger partial charge in [-0.15, -0.1) is 0 Å². The van der Waals surface area contributed by atoms with E-state index >= 15 is 0 Å². The topological polar surface area (TPSA) is 63.7 Å². The molecular weight excluding hydrogens is 354 g/mol. The Morgan fingerprint density at radius 1 is 1.04 bits per heavy atom. The fraction of sp³-hybridized carbons (Fsp3) is 0.182. The maximum Gasteiger partial charge on any atom is 0.257 e. The van der Waals surface area contributed by atoms with Crippen LogP contribution in [0.4, 0.5) is 17.2 Å². The molecule has 0 fully saturated rings. The molecule has 2 heterocycles. The molecule has 0 bridgehead atoms. The van der Waals surface area contributed by atoms with E-state index in [9.17, 15) is 4.79 Å². The molecular formula is C22H21N3O3. The Morgan fingerprint density at radius 3 is 2.61 bits per heavy atom. The van der Waals surface area contributed by atoms with Gasteiger partial charge < -0.3 is 19.7 Å². The molecule has 4 rings (SSSR count). The lowest BCUT2D eigenvalue weighted by Gasteiger charge is -2.18. The molecule has 1 amide bonds. The van der Waals surface area contributed by atoms with E-state index in [4.69, 9.17) is 9.47 Å². The zero-order valence-corrected chi connectivity index (χ0v) is 15.8. The van der Waals surface area contributed by atoms with Gasteiger partial charge in [-0.25, -0.2) is 4.98 Å². The molecule has 0 atom stereocenters. The fourth-order valence-electron chi connectivity index (χ4n) is 3.37. The molecule has 1 aliphatic heterocycles. The third-order valence-corrected chi connectivity index (χ3v) is 4.82. The number of hydrogen-bond acceptors (Lipinski definition) is 5. The van der Waals surface area contributed by atoms with E-state index in [1.165, 1.54) is 11.3 Å². The van der Waals surface area contributed by atoms with Gasteiger partial charge in [-0.3, -0.25) is 4.79 Å². The number of methoxy groups -OCH3 is 2. The molecule has 1 N–H and O–H groups in total. The lowest BCUT2D eigenvalue weighted by atomic mass is 10.2. The van der Waals surface area contributed by atoms with Crippen LogP contribution in [-0.2, 0) is 6.42 Å². The molecule has 6 heteroatoms. The number of rotatable bonds is 5. The summed E-state index contributed by atoms with van der Waals surface area (Å²) in [5, 5.41) is 2.86. The van der Waals surface area contributed by atoms with Crippen molar-refractivity contribution in [1.29, 1.82) is 0 Å². The maximum absolute atomic E-state index is 12.6. The molecule has 28 heavy (non-hydrogen) atoms. The number of carbonyl (C=O) groups is 1. The van der Waals surface area contributed by atoms with Crippen molar-refractivity contribution in [2.24, 2.45) is 0 Å². The number of anilines is 3. The Labute approximate surface area is 163 Å². The van der Waals surface area contributed by atoms with Crippen molar-refractivity contribution in [2.75, 3.05) is 31.0 Å². The molecule has 0 spiro atoms. The highest BCUT2D eigenvalue weighted by molar-refractivity contribution is 6.04. The van der Waals surface area contributed by atoms with Crippen molar-refractivity contribution in [3.05, 3.63) is 71.9 Å². The van der Waals surface area contributed by atoms with E-state index in [1.807, 2.05) is 12.1 Å². The first-order valence-electron chi connectivity index (χ1n) is 9.04. The number of nitrogens with one attached hydrogen (secondary N) is 1. The number of aromatic nitrogens is 1. The summed E-state index contributed by atoms with van der Waals surface area (Å²) in [5.74, 6) is 1.78. The van der Waals surface area contributed by atoms with Gasteiger partial charge >= 0.3 is 0 Å². The van der Waals surface area contributed by atoms with Crippen molar-refractivity contribution >= 4 is 23.1 Å². The second kappa shape index (κ2) is 7.60. The van der Waals surface area contributed by atoms with Crippen LogP contribution in [0.25, 0.3) is 0 Å². The zero-order chi connectivity index (χ0) is 19.5. The van der Waals surface area contributed by atoms with Crippen LogP contribution in [0.15, 0.2) is 60.8 Å². The first kappa shape index (κ1) is 17.9. The SMILES string of the molecule is COc1ccc(NC(=O)c2ccc(N3CCc4ccccc43)nc2)cc1OC. The van der Waals surface area contributed by atoms with Crippen LogP contribution in [0.1, 0.15) is 15.9 Å². The summed E-state index contributed by atoms with van der Waals surface area (Å²) < 4.78 is 10.5. The minimum Gasteiger partial charge on any atom is -0.493 e. The van der Waals surface area contributed by atoms with Crippen molar-refractivity contribution in [2.45, 2.75) is 6.42 Å². The first-order valence-corrected chi connectivity index (χ1v) is 9.04. The number of para-hydroxylation sites is 1. The number of amides is 1. The molecule has 142 valence electrons. The minimum atomic E-state index is -0.229. The molecule has 0 radical (unpaired) electrons. The molecule has 0 aliphatic carbocycles. The quantitative estimate of drug-likeness (QED) is 0.729.